The Morgan fingerprint density at radius 1 is 1.53 bits per heavy atom. The van der Waals surface area contributed by atoms with Crippen LogP contribution in [0.4, 0.5) is 5.69 Å². The van der Waals surface area contributed by atoms with Gasteiger partial charge in [-0.3, -0.25) is 0 Å². The zero-order valence-corrected chi connectivity index (χ0v) is 8.60. The molecule has 0 aliphatic heterocycles. The number of aromatic nitrogens is 1. The molecule has 0 saturated carbocycles. The third-order valence-electron chi connectivity index (χ3n) is 2.28. The molecule has 1 unspecified atom stereocenters. The van der Waals surface area contributed by atoms with E-state index in [2.05, 4.69) is 4.98 Å². The highest BCUT2D eigenvalue weighted by atomic mass is 16.4. The molecular weight excluding hydrogens is 192 g/mol. The van der Waals surface area contributed by atoms with Crippen LogP contribution in [0.3, 0.4) is 0 Å². The van der Waals surface area contributed by atoms with Gasteiger partial charge in [-0.25, -0.2) is 4.98 Å². The molecule has 0 aliphatic carbocycles. The van der Waals surface area contributed by atoms with Crippen molar-refractivity contribution in [2.45, 2.75) is 25.9 Å². The van der Waals surface area contributed by atoms with E-state index in [1.54, 1.807) is 18.2 Å². The quantitative estimate of drug-likeness (QED) is 0.755. The molecule has 0 radical (unpaired) electrons. The summed E-state index contributed by atoms with van der Waals surface area (Å²) >= 11 is 0. The van der Waals surface area contributed by atoms with E-state index in [1.807, 2.05) is 6.92 Å². The van der Waals surface area contributed by atoms with Crippen molar-refractivity contribution in [3.8, 4) is 0 Å². The van der Waals surface area contributed by atoms with Gasteiger partial charge in [-0.05, 0) is 24.6 Å². The van der Waals surface area contributed by atoms with Crippen LogP contribution in [0.5, 0.6) is 0 Å². The molecule has 4 nitrogen and oxygen atoms in total. The maximum atomic E-state index is 9.70. The molecule has 0 bridgehead atoms. The SMILES string of the molecule is CCCC(O)c1nc2cc(N)ccc2o1. The van der Waals surface area contributed by atoms with Crippen LogP contribution in [0, 0.1) is 0 Å². The van der Waals surface area contributed by atoms with E-state index in [9.17, 15) is 5.11 Å². The summed E-state index contributed by atoms with van der Waals surface area (Å²) in [5.41, 5.74) is 7.63. The van der Waals surface area contributed by atoms with Gasteiger partial charge in [0.05, 0.1) is 0 Å². The molecule has 2 rings (SSSR count). The average Bonchev–Trinajstić information content (AvgIpc) is 2.60. The number of aliphatic hydroxyl groups is 1. The van der Waals surface area contributed by atoms with Gasteiger partial charge in [-0.1, -0.05) is 13.3 Å². The number of fused-ring (bicyclic) bond motifs is 1. The maximum Gasteiger partial charge on any atom is 0.224 e. The number of nitrogens with two attached hydrogens (primary N) is 1. The lowest BCUT2D eigenvalue weighted by Gasteiger charge is -2.01. The van der Waals surface area contributed by atoms with Gasteiger partial charge in [0.2, 0.25) is 5.89 Å². The van der Waals surface area contributed by atoms with Crippen molar-refractivity contribution in [3.05, 3.63) is 24.1 Å². The minimum atomic E-state index is -0.622. The Morgan fingerprint density at radius 3 is 3.07 bits per heavy atom. The molecule has 0 aliphatic rings. The number of nitrogens with zero attached hydrogens (tertiary/aromatic N) is 1. The van der Waals surface area contributed by atoms with Crippen LogP contribution < -0.4 is 5.73 Å². The third-order valence-corrected chi connectivity index (χ3v) is 2.28. The molecule has 2 aromatic rings. The van der Waals surface area contributed by atoms with Crippen molar-refractivity contribution in [1.29, 1.82) is 0 Å². The van der Waals surface area contributed by atoms with Crippen molar-refractivity contribution in [3.63, 3.8) is 0 Å². The van der Waals surface area contributed by atoms with Crippen LogP contribution in [0.1, 0.15) is 31.8 Å². The van der Waals surface area contributed by atoms with Crippen molar-refractivity contribution < 1.29 is 9.52 Å². The van der Waals surface area contributed by atoms with Crippen LogP contribution in [0.2, 0.25) is 0 Å². The Kier molecular flexibility index (Phi) is 2.60. The second-order valence-electron chi connectivity index (χ2n) is 3.58. The number of oxazole rings is 1. The third kappa shape index (κ3) is 1.94. The summed E-state index contributed by atoms with van der Waals surface area (Å²) in [5.74, 6) is 0.373. The predicted molar refractivity (Wildman–Crippen MR) is 58.3 cm³/mol. The topological polar surface area (TPSA) is 72.3 Å². The van der Waals surface area contributed by atoms with Crippen molar-refractivity contribution in [2.24, 2.45) is 0 Å². The summed E-state index contributed by atoms with van der Waals surface area (Å²) in [4.78, 5) is 4.20. The van der Waals surface area contributed by atoms with Crippen molar-refractivity contribution in [2.75, 3.05) is 5.73 Å². The highest BCUT2D eigenvalue weighted by molar-refractivity contribution is 5.76. The van der Waals surface area contributed by atoms with Gasteiger partial charge in [0.1, 0.15) is 11.6 Å². The smallest absolute Gasteiger partial charge is 0.224 e. The first-order valence-corrected chi connectivity index (χ1v) is 5.04. The lowest BCUT2D eigenvalue weighted by atomic mass is 10.2. The largest absolute Gasteiger partial charge is 0.438 e. The Labute approximate surface area is 87.7 Å². The molecule has 1 heterocycles. The van der Waals surface area contributed by atoms with Gasteiger partial charge in [-0.2, -0.15) is 0 Å². The van der Waals surface area contributed by atoms with E-state index >= 15 is 0 Å². The van der Waals surface area contributed by atoms with E-state index in [0.29, 0.717) is 29.1 Å². The average molecular weight is 206 g/mol. The van der Waals surface area contributed by atoms with Crippen LogP contribution in [0.25, 0.3) is 11.1 Å². The molecule has 3 N–H and O–H groups in total. The highest BCUT2D eigenvalue weighted by Crippen LogP contribution is 2.24. The van der Waals surface area contributed by atoms with Gasteiger partial charge in [0.15, 0.2) is 5.58 Å². The van der Waals surface area contributed by atoms with E-state index in [4.69, 9.17) is 10.2 Å². The lowest BCUT2D eigenvalue weighted by Crippen LogP contribution is -1.96. The fraction of sp³-hybridized carbons (Fsp3) is 0.364. The summed E-state index contributed by atoms with van der Waals surface area (Å²) < 4.78 is 5.42. The number of aliphatic hydroxyl groups excluding tert-OH is 1. The number of benzene rings is 1. The predicted octanol–water partition coefficient (Wildman–Crippen LogP) is 2.24. The van der Waals surface area contributed by atoms with Gasteiger partial charge >= 0.3 is 0 Å². The van der Waals surface area contributed by atoms with Crippen LogP contribution in [-0.4, -0.2) is 10.1 Å². The Balaban J connectivity index is 2.38. The molecule has 1 aromatic carbocycles. The normalized spacial score (nSPS) is 13.2. The first kappa shape index (κ1) is 9.98. The van der Waals surface area contributed by atoms with Gasteiger partial charge in [0, 0.05) is 5.69 Å². The minimum Gasteiger partial charge on any atom is -0.438 e. The molecule has 15 heavy (non-hydrogen) atoms. The van der Waals surface area contributed by atoms with E-state index < -0.39 is 6.10 Å². The Morgan fingerprint density at radius 2 is 2.33 bits per heavy atom. The second kappa shape index (κ2) is 3.90. The zero-order chi connectivity index (χ0) is 10.8. The molecule has 80 valence electrons. The summed E-state index contributed by atoms with van der Waals surface area (Å²) in [7, 11) is 0. The van der Waals surface area contributed by atoms with Crippen LogP contribution in [0.15, 0.2) is 22.6 Å². The molecule has 4 heteroatoms. The lowest BCUT2D eigenvalue weighted by molar-refractivity contribution is 0.135. The van der Waals surface area contributed by atoms with E-state index in [0.717, 1.165) is 6.42 Å². The Hall–Kier alpha value is -1.55. The monoisotopic (exact) mass is 206 g/mol. The molecule has 0 amide bonds. The number of nitrogen functional groups attached to an aromatic ring is 1. The molecule has 1 aromatic heterocycles. The summed E-state index contributed by atoms with van der Waals surface area (Å²) in [5, 5.41) is 9.70. The second-order valence-corrected chi connectivity index (χ2v) is 3.58. The number of anilines is 1. The fourth-order valence-electron chi connectivity index (χ4n) is 1.50. The first-order chi connectivity index (χ1) is 7.20. The first-order valence-electron chi connectivity index (χ1n) is 5.04. The molecule has 0 fully saturated rings. The van der Waals surface area contributed by atoms with Crippen LogP contribution in [-0.2, 0) is 0 Å². The van der Waals surface area contributed by atoms with Crippen LogP contribution >= 0.6 is 0 Å². The molecular formula is C11H14N2O2. The summed E-state index contributed by atoms with van der Waals surface area (Å²) in [6, 6.07) is 5.25. The molecule has 0 saturated heterocycles. The molecule has 0 spiro atoms. The fourth-order valence-corrected chi connectivity index (χ4v) is 1.50. The highest BCUT2D eigenvalue weighted by Gasteiger charge is 2.14. The zero-order valence-electron chi connectivity index (χ0n) is 8.60. The number of hydrogen-bond donors (Lipinski definition) is 2. The molecule has 1 atom stereocenters. The standard InChI is InChI=1S/C11H14N2O2/c1-2-3-9(14)11-13-8-6-7(12)4-5-10(8)15-11/h4-6,9,14H,2-3,12H2,1H3. The van der Waals surface area contributed by atoms with E-state index in [-0.39, 0.29) is 0 Å². The minimum absolute atomic E-state index is 0.373. The van der Waals surface area contributed by atoms with Gasteiger partial charge in [-0.15, -0.1) is 0 Å². The maximum absolute atomic E-state index is 9.70. The van der Waals surface area contributed by atoms with E-state index in [1.165, 1.54) is 0 Å². The Bertz CT molecular complexity index is 465. The van der Waals surface area contributed by atoms with Gasteiger partial charge in [0.25, 0.3) is 0 Å². The summed E-state index contributed by atoms with van der Waals surface area (Å²) in [6.07, 6.45) is 0.924. The summed E-state index contributed by atoms with van der Waals surface area (Å²) in [6.45, 7) is 2.00. The van der Waals surface area contributed by atoms with Crippen molar-refractivity contribution in [1.82, 2.24) is 4.98 Å². The number of hydrogen-bond acceptors (Lipinski definition) is 4. The van der Waals surface area contributed by atoms with Crippen molar-refractivity contribution >= 4 is 16.8 Å². The van der Waals surface area contributed by atoms with Gasteiger partial charge < -0.3 is 15.3 Å². The number of rotatable bonds is 3.